The highest BCUT2D eigenvalue weighted by Crippen LogP contribution is 2.46. The molecule has 14 nitrogen and oxygen atoms in total. The first-order valence-corrected chi connectivity index (χ1v) is 17.8. The quantitative estimate of drug-likeness (QED) is 0.169. The molecule has 3 aliphatic rings. The molecule has 1 aliphatic heterocycles. The zero-order valence-electron chi connectivity index (χ0n) is 29.2. The summed E-state index contributed by atoms with van der Waals surface area (Å²) in [6.45, 7) is -0.643. The SMILES string of the molecule is Nc1nc(OC(=O)OCC2c3ccccc3-c3ccccc32)c2ncn(C3COC(CO)C(O)[C@H]3OC(=O)OCC3c4ccccc4-c4ccccc43)c2n1. The van der Waals surface area contributed by atoms with Gasteiger partial charge < -0.3 is 44.2 Å². The summed E-state index contributed by atoms with van der Waals surface area (Å²) in [5.41, 5.74) is 14.7. The van der Waals surface area contributed by atoms with Crippen LogP contribution in [-0.4, -0.2) is 86.8 Å². The first-order valence-electron chi connectivity index (χ1n) is 17.8. The molecule has 55 heavy (non-hydrogen) atoms. The Balaban J connectivity index is 0.923. The van der Waals surface area contributed by atoms with E-state index in [9.17, 15) is 19.8 Å². The smallest absolute Gasteiger partial charge is 0.433 e. The highest BCUT2D eigenvalue weighted by Gasteiger charge is 2.44. The summed E-state index contributed by atoms with van der Waals surface area (Å²) in [5, 5.41) is 21.2. The van der Waals surface area contributed by atoms with Crippen molar-refractivity contribution in [1.29, 1.82) is 0 Å². The molecule has 0 amide bonds. The number of aliphatic hydroxyl groups is 2. The van der Waals surface area contributed by atoms with Crippen molar-refractivity contribution in [2.45, 2.75) is 36.2 Å². The number of benzene rings is 4. The Bertz CT molecular complexity index is 2340. The highest BCUT2D eigenvalue weighted by molar-refractivity contribution is 5.82. The number of carbonyl (C=O) groups is 2. The van der Waals surface area contributed by atoms with Crippen LogP contribution >= 0.6 is 0 Å². The average Bonchev–Trinajstić information content (AvgIpc) is 3.87. The first-order chi connectivity index (χ1) is 26.9. The van der Waals surface area contributed by atoms with E-state index < -0.39 is 43.3 Å². The second kappa shape index (κ2) is 14.1. The van der Waals surface area contributed by atoms with Crippen molar-refractivity contribution in [2.24, 2.45) is 0 Å². The van der Waals surface area contributed by atoms with E-state index in [0.29, 0.717) is 0 Å². The van der Waals surface area contributed by atoms with Gasteiger partial charge in [-0.1, -0.05) is 97.1 Å². The zero-order chi connectivity index (χ0) is 37.6. The molecular formula is C41H35N5O9. The van der Waals surface area contributed by atoms with Crippen molar-refractivity contribution in [1.82, 2.24) is 19.5 Å². The molecule has 6 aromatic rings. The maximum Gasteiger partial charge on any atom is 0.515 e. The van der Waals surface area contributed by atoms with Crippen LogP contribution in [0.5, 0.6) is 5.88 Å². The van der Waals surface area contributed by atoms with Crippen molar-refractivity contribution in [3.8, 4) is 28.1 Å². The molecule has 278 valence electrons. The van der Waals surface area contributed by atoms with Gasteiger partial charge in [-0.3, -0.25) is 0 Å². The number of nitrogens with two attached hydrogens (primary N) is 1. The average molecular weight is 742 g/mol. The minimum absolute atomic E-state index is 0.00535. The summed E-state index contributed by atoms with van der Waals surface area (Å²) in [4.78, 5) is 39.3. The van der Waals surface area contributed by atoms with Crippen LogP contribution < -0.4 is 10.5 Å². The molecule has 0 bridgehead atoms. The Kier molecular flexibility index (Phi) is 8.85. The molecule has 2 aromatic heterocycles. The summed E-state index contributed by atoms with van der Waals surface area (Å²) in [6, 6.07) is 30.9. The van der Waals surface area contributed by atoms with E-state index in [2.05, 4.69) is 15.0 Å². The molecule has 9 rings (SSSR count). The van der Waals surface area contributed by atoms with E-state index >= 15 is 0 Å². The van der Waals surface area contributed by atoms with Gasteiger partial charge >= 0.3 is 12.3 Å². The van der Waals surface area contributed by atoms with Crippen molar-refractivity contribution in [3.63, 3.8) is 0 Å². The van der Waals surface area contributed by atoms with E-state index in [0.717, 1.165) is 44.5 Å². The van der Waals surface area contributed by atoms with Gasteiger partial charge in [-0.25, -0.2) is 14.6 Å². The normalized spacial score (nSPS) is 20.0. The molecule has 3 unspecified atom stereocenters. The lowest BCUT2D eigenvalue weighted by Crippen LogP contribution is -2.53. The van der Waals surface area contributed by atoms with Crippen LogP contribution in [0.25, 0.3) is 33.4 Å². The number of nitrogen functional groups attached to an aromatic ring is 1. The second-order valence-corrected chi connectivity index (χ2v) is 13.6. The predicted molar refractivity (Wildman–Crippen MR) is 197 cm³/mol. The number of aromatic nitrogens is 4. The minimum Gasteiger partial charge on any atom is -0.433 e. The number of aliphatic hydroxyl groups excluding tert-OH is 2. The topological polar surface area (TPSA) is 190 Å². The molecule has 2 aliphatic carbocycles. The van der Waals surface area contributed by atoms with Crippen molar-refractivity contribution in [2.75, 3.05) is 32.2 Å². The number of hydrogen-bond acceptors (Lipinski definition) is 13. The van der Waals surface area contributed by atoms with Crippen LogP contribution in [0.1, 0.15) is 40.1 Å². The fourth-order valence-corrected chi connectivity index (χ4v) is 8.06. The fraction of sp³-hybridized carbons (Fsp3) is 0.244. The third-order valence-electron chi connectivity index (χ3n) is 10.6. The number of fused-ring (bicyclic) bond motifs is 7. The largest absolute Gasteiger partial charge is 0.515 e. The Labute approximate surface area is 314 Å². The minimum atomic E-state index is -1.46. The summed E-state index contributed by atoms with van der Waals surface area (Å²) in [7, 11) is 0. The van der Waals surface area contributed by atoms with Gasteiger partial charge in [-0.2, -0.15) is 9.97 Å². The third kappa shape index (κ3) is 6.09. The molecule has 4 aromatic carbocycles. The Morgan fingerprint density at radius 2 is 1.27 bits per heavy atom. The van der Waals surface area contributed by atoms with Crippen molar-refractivity contribution >= 4 is 29.4 Å². The number of ether oxygens (including phenoxy) is 5. The number of rotatable bonds is 8. The molecule has 3 heterocycles. The van der Waals surface area contributed by atoms with E-state index in [1.165, 1.54) is 10.9 Å². The van der Waals surface area contributed by atoms with Crippen LogP contribution in [-0.2, 0) is 18.9 Å². The molecule has 0 radical (unpaired) electrons. The Morgan fingerprint density at radius 1 is 0.764 bits per heavy atom. The lowest BCUT2D eigenvalue weighted by molar-refractivity contribution is -0.175. The van der Waals surface area contributed by atoms with Gasteiger partial charge in [0.05, 0.1) is 25.6 Å². The molecular weight excluding hydrogens is 706 g/mol. The van der Waals surface area contributed by atoms with E-state index in [1.807, 2.05) is 97.1 Å². The van der Waals surface area contributed by atoms with Gasteiger partial charge in [0.2, 0.25) is 5.95 Å². The van der Waals surface area contributed by atoms with E-state index in [-0.39, 0.29) is 54.6 Å². The van der Waals surface area contributed by atoms with Gasteiger partial charge in [0.25, 0.3) is 5.88 Å². The third-order valence-corrected chi connectivity index (χ3v) is 10.6. The summed E-state index contributed by atoms with van der Waals surface area (Å²) < 4.78 is 29.8. The molecule has 4 N–H and O–H groups in total. The van der Waals surface area contributed by atoms with Crippen LogP contribution in [0.4, 0.5) is 15.5 Å². The number of imidazole rings is 1. The maximum absolute atomic E-state index is 13.3. The lowest BCUT2D eigenvalue weighted by atomic mass is 9.98. The van der Waals surface area contributed by atoms with Gasteiger partial charge in [-0.15, -0.1) is 0 Å². The Morgan fingerprint density at radius 3 is 1.80 bits per heavy atom. The molecule has 4 atom stereocenters. The lowest BCUT2D eigenvalue weighted by Gasteiger charge is -2.39. The molecule has 1 fully saturated rings. The summed E-state index contributed by atoms with van der Waals surface area (Å²) in [5.74, 6) is -0.899. The zero-order valence-corrected chi connectivity index (χ0v) is 29.2. The monoisotopic (exact) mass is 741 g/mol. The first kappa shape index (κ1) is 34.4. The van der Waals surface area contributed by atoms with Gasteiger partial charge in [0.15, 0.2) is 17.3 Å². The molecule has 0 spiro atoms. The molecule has 0 saturated carbocycles. The maximum atomic E-state index is 13.3. The number of nitrogens with zero attached hydrogens (tertiary/aromatic N) is 4. The molecule has 1 saturated heterocycles. The number of hydrogen-bond donors (Lipinski definition) is 3. The van der Waals surface area contributed by atoms with Crippen LogP contribution in [0.15, 0.2) is 103 Å². The van der Waals surface area contributed by atoms with Crippen LogP contribution in [0.2, 0.25) is 0 Å². The standard InChI is InChI=1S/C41H35N5O9/c42-39-44-37-34(38(45-39)55-41(50)53-19-31-28-15-7-3-11-24(28)25-12-4-8-16-29(25)31)43-21-46(37)32-20-51-33(17-47)35(48)36(32)54-40(49)52-18-30-26-13-5-1-9-22(26)23-10-2-6-14-27(23)30/h1-16,21,30-33,35-36,47-48H,17-20H2,(H2,42,44,45)/t32?,33?,35?,36-/m0/s1. The molecule has 14 heteroatoms. The van der Waals surface area contributed by atoms with Gasteiger partial charge in [0.1, 0.15) is 25.4 Å². The van der Waals surface area contributed by atoms with Crippen molar-refractivity contribution < 1.29 is 43.5 Å². The number of carbonyl (C=O) groups excluding carboxylic acids is 2. The van der Waals surface area contributed by atoms with Gasteiger partial charge in [0, 0.05) is 11.8 Å². The highest BCUT2D eigenvalue weighted by atomic mass is 16.7. The van der Waals surface area contributed by atoms with Crippen molar-refractivity contribution in [3.05, 3.63) is 126 Å². The number of anilines is 1. The van der Waals surface area contributed by atoms with Crippen LogP contribution in [0, 0.1) is 0 Å². The predicted octanol–water partition coefficient (Wildman–Crippen LogP) is 5.36. The fourth-order valence-electron chi connectivity index (χ4n) is 8.06. The Hall–Kier alpha value is -6.35. The summed E-state index contributed by atoms with van der Waals surface area (Å²) >= 11 is 0. The summed E-state index contributed by atoms with van der Waals surface area (Å²) in [6.07, 6.45) is -4.47. The second-order valence-electron chi connectivity index (χ2n) is 13.6. The van der Waals surface area contributed by atoms with E-state index in [4.69, 9.17) is 29.4 Å². The van der Waals surface area contributed by atoms with Crippen LogP contribution in [0.3, 0.4) is 0 Å². The van der Waals surface area contributed by atoms with Gasteiger partial charge in [-0.05, 0) is 44.5 Å². The van der Waals surface area contributed by atoms with E-state index in [1.54, 1.807) is 0 Å².